The molecule has 0 saturated heterocycles. The van der Waals surface area contributed by atoms with Crippen molar-refractivity contribution in [2.75, 3.05) is 0 Å². The second-order valence-corrected chi connectivity index (χ2v) is 4.05. The highest BCUT2D eigenvalue weighted by molar-refractivity contribution is 9.10. The van der Waals surface area contributed by atoms with Gasteiger partial charge in [0, 0.05) is 29.6 Å². The van der Waals surface area contributed by atoms with Gasteiger partial charge in [-0.05, 0) is 35.0 Å². The van der Waals surface area contributed by atoms with Crippen molar-refractivity contribution in [2.24, 2.45) is 0 Å². The van der Waals surface area contributed by atoms with Crippen LogP contribution in [0.2, 0.25) is 0 Å². The minimum Gasteiger partial charge on any atom is -0.328 e. The van der Waals surface area contributed by atoms with E-state index in [1.165, 1.54) is 0 Å². The van der Waals surface area contributed by atoms with Crippen LogP contribution in [0.25, 0.3) is 0 Å². The summed E-state index contributed by atoms with van der Waals surface area (Å²) in [6.07, 6.45) is 4.99. The van der Waals surface area contributed by atoms with Gasteiger partial charge in [0.2, 0.25) is 5.78 Å². The molecule has 82 valence electrons. The second-order valence-electron chi connectivity index (χ2n) is 3.20. The summed E-state index contributed by atoms with van der Waals surface area (Å²) < 4.78 is 2.48. The van der Waals surface area contributed by atoms with E-state index < -0.39 is 0 Å². The predicted octanol–water partition coefficient (Wildman–Crippen LogP) is 2.29. The highest BCUT2D eigenvalue weighted by Gasteiger charge is 2.18. The molecule has 0 aromatic carbocycles. The molecule has 0 unspecified atom stereocenters. The van der Waals surface area contributed by atoms with Gasteiger partial charge >= 0.3 is 0 Å². The van der Waals surface area contributed by atoms with E-state index in [9.17, 15) is 4.79 Å². The lowest BCUT2D eigenvalue weighted by molar-refractivity contribution is 0.102. The first-order chi connectivity index (χ1) is 7.74. The monoisotopic (exact) mass is 279 g/mol. The molecule has 0 aliphatic carbocycles. The van der Waals surface area contributed by atoms with Crippen molar-refractivity contribution < 1.29 is 4.79 Å². The molecule has 0 aliphatic heterocycles. The van der Waals surface area contributed by atoms with Gasteiger partial charge in [0.15, 0.2) is 5.82 Å². The summed E-state index contributed by atoms with van der Waals surface area (Å²) >= 11 is 3.31. The van der Waals surface area contributed by atoms with Gasteiger partial charge in [-0.3, -0.25) is 9.78 Å². The van der Waals surface area contributed by atoms with Crippen LogP contribution in [0.1, 0.15) is 23.2 Å². The Bertz CT molecular complexity index is 521. The summed E-state index contributed by atoms with van der Waals surface area (Å²) in [4.78, 5) is 20.2. The summed E-state index contributed by atoms with van der Waals surface area (Å²) in [7, 11) is 0. The van der Waals surface area contributed by atoms with Gasteiger partial charge in [-0.1, -0.05) is 0 Å². The highest BCUT2D eigenvalue weighted by Crippen LogP contribution is 2.16. The fourth-order valence-corrected chi connectivity index (χ4v) is 1.87. The quantitative estimate of drug-likeness (QED) is 0.810. The third-order valence-corrected chi connectivity index (χ3v) is 2.87. The van der Waals surface area contributed by atoms with E-state index in [4.69, 9.17) is 0 Å². The molecule has 0 bridgehead atoms. The molecule has 4 nitrogen and oxygen atoms in total. The van der Waals surface area contributed by atoms with Crippen molar-refractivity contribution in [3.63, 3.8) is 0 Å². The van der Waals surface area contributed by atoms with Crippen molar-refractivity contribution in [2.45, 2.75) is 13.5 Å². The van der Waals surface area contributed by atoms with E-state index in [-0.39, 0.29) is 5.78 Å². The number of imidazole rings is 1. The predicted molar refractivity (Wildman–Crippen MR) is 63.3 cm³/mol. The number of pyridine rings is 1. The van der Waals surface area contributed by atoms with Gasteiger partial charge in [-0.2, -0.15) is 0 Å². The summed E-state index contributed by atoms with van der Waals surface area (Å²) in [5, 5.41) is 0. The number of nitrogens with zero attached hydrogens (tertiary/aromatic N) is 3. The maximum atomic E-state index is 12.1. The van der Waals surface area contributed by atoms with Crippen LogP contribution in [0, 0.1) is 0 Å². The lowest BCUT2D eigenvalue weighted by atomic mass is 10.2. The van der Waals surface area contributed by atoms with Crippen molar-refractivity contribution in [1.82, 2.24) is 14.5 Å². The fourth-order valence-electron chi connectivity index (χ4n) is 1.43. The third kappa shape index (κ3) is 1.90. The van der Waals surface area contributed by atoms with Crippen LogP contribution in [-0.4, -0.2) is 20.3 Å². The Balaban J connectivity index is 2.44. The van der Waals surface area contributed by atoms with Crippen LogP contribution in [0.15, 0.2) is 35.2 Å². The summed E-state index contributed by atoms with van der Waals surface area (Å²) in [5.74, 6) is 0.251. The summed E-state index contributed by atoms with van der Waals surface area (Å²) in [6.45, 7) is 2.68. The molecule has 0 fully saturated rings. The molecule has 2 heterocycles. The average molecular weight is 280 g/mol. The van der Waals surface area contributed by atoms with Crippen LogP contribution < -0.4 is 0 Å². The molecular weight excluding hydrogens is 270 g/mol. The Morgan fingerprint density at radius 1 is 1.44 bits per heavy atom. The van der Waals surface area contributed by atoms with Gasteiger partial charge in [-0.15, -0.1) is 0 Å². The van der Waals surface area contributed by atoms with E-state index in [1.807, 2.05) is 6.92 Å². The molecule has 5 heteroatoms. The molecule has 0 saturated carbocycles. The van der Waals surface area contributed by atoms with E-state index in [1.54, 1.807) is 35.3 Å². The van der Waals surface area contributed by atoms with Gasteiger partial charge in [0.1, 0.15) is 5.69 Å². The lowest BCUT2D eigenvalue weighted by Gasteiger charge is -2.04. The number of carbonyl (C=O) groups is 1. The van der Waals surface area contributed by atoms with Crippen molar-refractivity contribution in [3.8, 4) is 0 Å². The Morgan fingerprint density at radius 2 is 2.25 bits per heavy atom. The molecule has 0 aliphatic rings. The van der Waals surface area contributed by atoms with Gasteiger partial charge < -0.3 is 4.57 Å². The molecule has 0 N–H and O–H groups in total. The summed E-state index contributed by atoms with van der Waals surface area (Å²) in [6, 6.07) is 3.56. The van der Waals surface area contributed by atoms with E-state index in [0.717, 1.165) is 0 Å². The molecule has 0 spiro atoms. The smallest absolute Gasteiger partial charge is 0.247 e. The SMILES string of the molecule is CCn1ccnc1C(=O)c1ncccc1Br. The van der Waals surface area contributed by atoms with Gasteiger partial charge in [0.25, 0.3) is 0 Å². The normalized spacial score (nSPS) is 10.4. The largest absolute Gasteiger partial charge is 0.328 e. The Kier molecular flexibility index (Phi) is 3.14. The van der Waals surface area contributed by atoms with Crippen LogP contribution in [0.4, 0.5) is 0 Å². The van der Waals surface area contributed by atoms with Crippen molar-refractivity contribution in [1.29, 1.82) is 0 Å². The maximum Gasteiger partial charge on any atom is 0.247 e. The number of hydrogen-bond acceptors (Lipinski definition) is 3. The zero-order valence-electron chi connectivity index (χ0n) is 8.72. The van der Waals surface area contributed by atoms with E-state index in [0.29, 0.717) is 22.5 Å². The van der Waals surface area contributed by atoms with Crippen LogP contribution in [0.5, 0.6) is 0 Å². The Labute approximate surface area is 101 Å². The number of aryl methyl sites for hydroxylation is 1. The number of hydrogen-bond donors (Lipinski definition) is 0. The minimum absolute atomic E-state index is 0.167. The van der Waals surface area contributed by atoms with Gasteiger partial charge in [0.05, 0.1) is 0 Å². The van der Waals surface area contributed by atoms with Crippen LogP contribution >= 0.6 is 15.9 Å². The number of aromatic nitrogens is 3. The fraction of sp³-hybridized carbons (Fsp3) is 0.182. The maximum absolute atomic E-state index is 12.1. The third-order valence-electron chi connectivity index (χ3n) is 2.23. The van der Waals surface area contributed by atoms with Crippen molar-refractivity contribution in [3.05, 3.63) is 46.7 Å². The molecule has 0 amide bonds. The zero-order valence-corrected chi connectivity index (χ0v) is 10.3. The zero-order chi connectivity index (χ0) is 11.5. The molecule has 2 aromatic heterocycles. The molecule has 2 rings (SSSR count). The number of rotatable bonds is 3. The lowest BCUT2D eigenvalue weighted by Crippen LogP contribution is -2.12. The molecular formula is C11H10BrN3O. The second kappa shape index (κ2) is 4.57. The highest BCUT2D eigenvalue weighted by atomic mass is 79.9. The first kappa shape index (κ1) is 11.0. The first-order valence-corrected chi connectivity index (χ1v) is 5.69. The number of carbonyl (C=O) groups excluding carboxylic acids is 1. The number of halogens is 1. The van der Waals surface area contributed by atoms with Gasteiger partial charge in [-0.25, -0.2) is 4.98 Å². The van der Waals surface area contributed by atoms with Crippen LogP contribution in [-0.2, 0) is 6.54 Å². The minimum atomic E-state index is -0.167. The standard InChI is InChI=1S/C11H10BrN3O/c1-2-15-7-6-14-11(15)10(16)9-8(12)4-3-5-13-9/h3-7H,2H2,1H3. The first-order valence-electron chi connectivity index (χ1n) is 4.90. The Hall–Kier alpha value is -1.49. The number of ketones is 1. The molecule has 0 atom stereocenters. The van der Waals surface area contributed by atoms with Crippen molar-refractivity contribution >= 4 is 21.7 Å². The van der Waals surface area contributed by atoms with E-state index >= 15 is 0 Å². The Morgan fingerprint density at radius 3 is 2.94 bits per heavy atom. The molecule has 0 radical (unpaired) electrons. The van der Waals surface area contributed by atoms with Crippen LogP contribution in [0.3, 0.4) is 0 Å². The molecule has 2 aromatic rings. The summed E-state index contributed by atoms with van der Waals surface area (Å²) in [5.41, 5.74) is 0.392. The average Bonchev–Trinajstić information content (AvgIpc) is 2.77. The molecule has 16 heavy (non-hydrogen) atoms. The van der Waals surface area contributed by atoms with E-state index in [2.05, 4.69) is 25.9 Å². The topological polar surface area (TPSA) is 47.8 Å².